The Labute approximate surface area is 174 Å². The summed E-state index contributed by atoms with van der Waals surface area (Å²) in [5.41, 5.74) is -1.56. The fourth-order valence-electron chi connectivity index (χ4n) is 2.27. The van der Waals surface area contributed by atoms with Crippen molar-refractivity contribution in [3.8, 4) is 17.0 Å². The Hall–Kier alpha value is -1.38. The van der Waals surface area contributed by atoms with Gasteiger partial charge >= 0.3 is 13.8 Å². The van der Waals surface area contributed by atoms with E-state index < -0.39 is 36.5 Å². The van der Waals surface area contributed by atoms with Crippen LogP contribution in [0.5, 0.6) is 5.75 Å². The maximum Gasteiger partial charge on any atom is 0.417 e. The van der Waals surface area contributed by atoms with Gasteiger partial charge in [0, 0.05) is 11.8 Å². The third-order valence-corrected chi connectivity index (χ3v) is 5.81. The summed E-state index contributed by atoms with van der Waals surface area (Å²) in [7, 11) is -3.58. The highest BCUT2D eigenvalue weighted by Crippen LogP contribution is 2.48. The largest absolute Gasteiger partial charge is 0.479 e. The van der Waals surface area contributed by atoms with Crippen LogP contribution in [-0.2, 0) is 19.8 Å². The SMILES string of the molecule is CCOP(=O)(COc1cc(-c2ncc(C(F)(F)F)cc2Cl)c(F)cc1Cl)OCC. The minimum absolute atomic E-state index is 0.0968. The Bertz CT molecular complexity index is 917. The van der Waals surface area contributed by atoms with Crippen molar-refractivity contribution in [1.82, 2.24) is 4.98 Å². The number of pyridine rings is 1. The second kappa shape index (κ2) is 9.62. The number of rotatable bonds is 8. The Morgan fingerprint density at radius 2 is 1.69 bits per heavy atom. The Kier molecular flexibility index (Phi) is 7.93. The van der Waals surface area contributed by atoms with E-state index in [1.54, 1.807) is 13.8 Å². The predicted octanol–water partition coefficient (Wildman–Crippen LogP) is 6.82. The standard InChI is InChI=1S/C17H16Cl2F4NO4P/c1-3-27-29(25,28-4-2)9-26-15-6-11(14(20)7-12(15)18)16-13(19)5-10(8-24-16)17(21,22)23/h5-8H,3-4,9H2,1-2H3. The number of halogens is 6. The lowest BCUT2D eigenvalue weighted by atomic mass is 10.1. The third-order valence-electron chi connectivity index (χ3n) is 3.47. The van der Waals surface area contributed by atoms with Crippen LogP contribution in [0.2, 0.25) is 10.0 Å². The molecule has 12 heteroatoms. The number of aromatic nitrogens is 1. The fourth-order valence-corrected chi connectivity index (χ4v) is 4.05. The highest BCUT2D eigenvalue weighted by Gasteiger charge is 2.32. The van der Waals surface area contributed by atoms with Crippen LogP contribution in [0.4, 0.5) is 17.6 Å². The first-order valence-corrected chi connectivity index (χ1v) is 10.7. The molecular formula is C17H16Cl2F4NO4P. The normalized spacial score (nSPS) is 12.3. The van der Waals surface area contributed by atoms with E-state index in [9.17, 15) is 22.1 Å². The van der Waals surface area contributed by atoms with E-state index >= 15 is 0 Å². The van der Waals surface area contributed by atoms with Crippen LogP contribution in [-0.4, -0.2) is 24.5 Å². The quantitative estimate of drug-likeness (QED) is 0.309. The number of hydrogen-bond acceptors (Lipinski definition) is 5. The summed E-state index contributed by atoms with van der Waals surface area (Å²) in [5, 5.41) is -0.574. The number of benzene rings is 1. The fraction of sp³-hybridized carbons (Fsp3) is 0.353. The number of ether oxygens (including phenoxy) is 1. The lowest BCUT2D eigenvalue weighted by Crippen LogP contribution is -2.07. The highest BCUT2D eigenvalue weighted by molar-refractivity contribution is 7.53. The van der Waals surface area contributed by atoms with Gasteiger partial charge in [-0.15, -0.1) is 0 Å². The summed E-state index contributed by atoms with van der Waals surface area (Å²) in [4.78, 5) is 3.62. The molecule has 2 rings (SSSR count). The van der Waals surface area contributed by atoms with Gasteiger partial charge in [0.15, 0.2) is 6.35 Å². The molecule has 2 aromatic rings. The first kappa shape index (κ1) is 23.9. The molecule has 0 N–H and O–H groups in total. The van der Waals surface area contributed by atoms with Crippen molar-refractivity contribution in [2.75, 3.05) is 19.6 Å². The second-order valence-electron chi connectivity index (χ2n) is 5.53. The molecule has 0 atom stereocenters. The maximum atomic E-state index is 14.4. The Balaban J connectivity index is 2.38. The van der Waals surface area contributed by atoms with Gasteiger partial charge in [-0.2, -0.15) is 13.2 Å². The van der Waals surface area contributed by atoms with Gasteiger partial charge in [0.25, 0.3) is 0 Å². The smallest absolute Gasteiger partial charge is 0.417 e. The van der Waals surface area contributed by atoms with E-state index in [-0.39, 0.29) is 35.2 Å². The highest BCUT2D eigenvalue weighted by atomic mass is 35.5. The van der Waals surface area contributed by atoms with Gasteiger partial charge in [-0.25, -0.2) is 4.39 Å². The van der Waals surface area contributed by atoms with Crippen LogP contribution in [0, 0.1) is 5.82 Å². The summed E-state index contributed by atoms with van der Waals surface area (Å²) in [6, 6.07) is 2.62. The molecule has 5 nitrogen and oxygen atoms in total. The molecule has 1 aromatic carbocycles. The van der Waals surface area contributed by atoms with Gasteiger partial charge in [0.2, 0.25) is 0 Å². The third kappa shape index (κ3) is 6.06. The minimum atomic E-state index is -4.65. The summed E-state index contributed by atoms with van der Waals surface area (Å²) in [6.07, 6.45) is -4.62. The van der Waals surface area contributed by atoms with Gasteiger partial charge < -0.3 is 13.8 Å². The molecule has 0 saturated carbocycles. The zero-order chi connectivity index (χ0) is 21.8. The Morgan fingerprint density at radius 3 is 2.21 bits per heavy atom. The van der Waals surface area contributed by atoms with Gasteiger partial charge in [0.1, 0.15) is 11.6 Å². The molecule has 0 amide bonds. The van der Waals surface area contributed by atoms with Crippen molar-refractivity contribution in [2.45, 2.75) is 20.0 Å². The van der Waals surface area contributed by atoms with Gasteiger partial charge in [-0.1, -0.05) is 23.2 Å². The van der Waals surface area contributed by atoms with E-state index in [1.165, 1.54) is 0 Å². The van der Waals surface area contributed by atoms with E-state index in [4.69, 9.17) is 37.0 Å². The first-order chi connectivity index (χ1) is 13.5. The number of hydrogen-bond donors (Lipinski definition) is 0. The van der Waals surface area contributed by atoms with Crippen molar-refractivity contribution in [1.29, 1.82) is 0 Å². The van der Waals surface area contributed by atoms with E-state index in [0.29, 0.717) is 12.3 Å². The predicted molar refractivity (Wildman–Crippen MR) is 101 cm³/mol. The molecule has 0 radical (unpaired) electrons. The van der Waals surface area contributed by atoms with E-state index in [2.05, 4.69) is 4.98 Å². The Morgan fingerprint density at radius 1 is 1.07 bits per heavy atom. The van der Waals surface area contributed by atoms with Gasteiger partial charge in [0.05, 0.1) is 34.5 Å². The maximum absolute atomic E-state index is 14.4. The molecule has 0 aliphatic rings. The van der Waals surface area contributed by atoms with Gasteiger partial charge in [-0.05, 0) is 32.0 Å². The second-order valence-corrected chi connectivity index (χ2v) is 8.35. The minimum Gasteiger partial charge on any atom is -0.479 e. The molecule has 0 aliphatic carbocycles. The molecule has 0 bridgehead atoms. The van der Waals surface area contributed by atoms with Crippen LogP contribution >= 0.6 is 30.8 Å². The summed E-state index contributed by atoms with van der Waals surface area (Å²) in [5.74, 6) is -0.977. The lowest BCUT2D eigenvalue weighted by molar-refractivity contribution is -0.137. The molecule has 0 saturated heterocycles. The van der Waals surface area contributed by atoms with Crippen LogP contribution < -0.4 is 4.74 Å². The van der Waals surface area contributed by atoms with Crippen molar-refractivity contribution < 1.29 is 35.9 Å². The van der Waals surface area contributed by atoms with Crippen LogP contribution in [0.1, 0.15) is 19.4 Å². The van der Waals surface area contributed by atoms with Crippen LogP contribution in [0.25, 0.3) is 11.3 Å². The summed E-state index contributed by atoms with van der Waals surface area (Å²) < 4.78 is 80.7. The first-order valence-electron chi connectivity index (χ1n) is 8.23. The topological polar surface area (TPSA) is 57.7 Å². The van der Waals surface area contributed by atoms with Gasteiger partial charge in [-0.3, -0.25) is 9.55 Å². The van der Waals surface area contributed by atoms with Crippen molar-refractivity contribution in [3.63, 3.8) is 0 Å². The van der Waals surface area contributed by atoms with Crippen LogP contribution in [0.15, 0.2) is 24.4 Å². The molecule has 1 heterocycles. The molecule has 29 heavy (non-hydrogen) atoms. The number of alkyl halides is 3. The zero-order valence-electron chi connectivity index (χ0n) is 15.2. The van der Waals surface area contributed by atoms with E-state index in [1.807, 2.05) is 0 Å². The molecular weight excluding hydrogens is 460 g/mol. The van der Waals surface area contributed by atoms with Crippen molar-refractivity contribution in [2.24, 2.45) is 0 Å². The average Bonchev–Trinajstić information content (AvgIpc) is 2.61. The molecule has 0 aliphatic heterocycles. The number of nitrogens with zero attached hydrogens (tertiary/aromatic N) is 1. The molecule has 0 fully saturated rings. The lowest BCUT2D eigenvalue weighted by Gasteiger charge is -2.18. The molecule has 0 spiro atoms. The summed E-state index contributed by atoms with van der Waals surface area (Å²) in [6.45, 7) is 3.45. The van der Waals surface area contributed by atoms with Crippen molar-refractivity contribution in [3.05, 3.63) is 45.8 Å². The average molecular weight is 476 g/mol. The zero-order valence-corrected chi connectivity index (χ0v) is 17.6. The molecule has 0 unspecified atom stereocenters. The monoisotopic (exact) mass is 475 g/mol. The molecule has 160 valence electrons. The van der Waals surface area contributed by atoms with Crippen molar-refractivity contribution >= 4 is 30.8 Å². The molecule has 1 aromatic heterocycles. The summed E-state index contributed by atoms with van der Waals surface area (Å²) >= 11 is 11.8. The van der Waals surface area contributed by atoms with Crippen LogP contribution in [0.3, 0.4) is 0 Å². The van der Waals surface area contributed by atoms with E-state index in [0.717, 1.165) is 12.1 Å².